The molecule has 1 amide bonds. The molecule has 1 heterocycles. The maximum atomic E-state index is 12.7. The number of aromatic nitrogens is 1. The molecule has 0 unspecified atom stereocenters. The molecule has 0 radical (unpaired) electrons. The molecule has 1 aliphatic rings. The molecule has 2 aromatic rings. The Morgan fingerprint density at radius 3 is 2.71 bits per heavy atom. The van der Waals surface area contributed by atoms with Gasteiger partial charge >= 0.3 is 0 Å². The molecule has 1 saturated carbocycles. The average molecular weight is 283 g/mol. The molecule has 1 fully saturated rings. The Balaban J connectivity index is 1.90. The second-order valence-corrected chi connectivity index (χ2v) is 5.88. The van der Waals surface area contributed by atoms with Crippen molar-refractivity contribution in [2.45, 2.75) is 37.6 Å². The molecule has 21 heavy (non-hydrogen) atoms. The maximum absolute atomic E-state index is 12.7. The number of hydrogen-bond donors (Lipinski definition) is 2. The Kier molecular flexibility index (Phi) is 3.88. The van der Waals surface area contributed by atoms with Gasteiger partial charge in [-0.05, 0) is 24.3 Å². The fourth-order valence-corrected chi connectivity index (χ4v) is 3.21. The number of pyridine rings is 1. The molecule has 1 aromatic heterocycles. The lowest BCUT2D eigenvalue weighted by molar-refractivity contribution is 0.0871. The summed E-state index contributed by atoms with van der Waals surface area (Å²) in [5, 5.41) is 5.08. The smallest absolute Gasteiger partial charge is 0.270 e. The summed E-state index contributed by atoms with van der Waals surface area (Å²) in [4.78, 5) is 16.9. The number of carbonyl (C=O) groups is 1. The summed E-state index contributed by atoms with van der Waals surface area (Å²) in [5.74, 6) is -0.112. The van der Waals surface area contributed by atoms with Crippen LogP contribution < -0.4 is 11.1 Å². The molecule has 4 nitrogen and oxygen atoms in total. The first kappa shape index (κ1) is 14.0. The van der Waals surface area contributed by atoms with Gasteiger partial charge < -0.3 is 11.1 Å². The van der Waals surface area contributed by atoms with Crippen LogP contribution in [-0.4, -0.2) is 23.0 Å². The van der Waals surface area contributed by atoms with E-state index < -0.39 is 0 Å². The van der Waals surface area contributed by atoms with Gasteiger partial charge in [0.1, 0.15) is 5.69 Å². The van der Waals surface area contributed by atoms with Gasteiger partial charge in [-0.3, -0.25) is 9.78 Å². The van der Waals surface area contributed by atoms with Crippen LogP contribution in [-0.2, 0) is 0 Å². The van der Waals surface area contributed by atoms with Gasteiger partial charge in [-0.1, -0.05) is 43.5 Å². The molecule has 0 aliphatic heterocycles. The van der Waals surface area contributed by atoms with Crippen molar-refractivity contribution in [1.82, 2.24) is 10.3 Å². The number of benzene rings is 1. The van der Waals surface area contributed by atoms with Gasteiger partial charge in [-0.15, -0.1) is 0 Å². The molecule has 110 valence electrons. The van der Waals surface area contributed by atoms with E-state index in [1.807, 2.05) is 30.3 Å². The number of rotatable bonds is 3. The summed E-state index contributed by atoms with van der Waals surface area (Å²) in [5.41, 5.74) is 6.18. The van der Waals surface area contributed by atoms with Crippen molar-refractivity contribution in [1.29, 1.82) is 0 Å². The van der Waals surface area contributed by atoms with Gasteiger partial charge in [0.15, 0.2) is 0 Å². The van der Waals surface area contributed by atoms with Gasteiger partial charge in [0.25, 0.3) is 5.91 Å². The lowest BCUT2D eigenvalue weighted by atomic mass is 9.81. The molecule has 1 aromatic carbocycles. The van der Waals surface area contributed by atoms with E-state index in [0.29, 0.717) is 12.2 Å². The molecule has 4 heteroatoms. The first-order chi connectivity index (χ1) is 10.2. The number of nitrogens with two attached hydrogens (primary N) is 1. The Labute approximate surface area is 124 Å². The Hall–Kier alpha value is -1.94. The lowest BCUT2D eigenvalue weighted by Crippen LogP contribution is -2.54. The Morgan fingerprint density at radius 1 is 1.19 bits per heavy atom. The van der Waals surface area contributed by atoms with Crippen LogP contribution in [0.2, 0.25) is 0 Å². The van der Waals surface area contributed by atoms with Crippen LogP contribution in [0.25, 0.3) is 10.8 Å². The van der Waals surface area contributed by atoms with E-state index in [4.69, 9.17) is 5.73 Å². The molecule has 1 aliphatic carbocycles. The highest BCUT2D eigenvalue weighted by atomic mass is 16.2. The summed E-state index contributed by atoms with van der Waals surface area (Å²) in [7, 11) is 0. The third kappa shape index (κ3) is 2.76. The predicted octanol–water partition coefficient (Wildman–Crippen LogP) is 2.63. The van der Waals surface area contributed by atoms with E-state index >= 15 is 0 Å². The van der Waals surface area contributed by atoms with Gasteiger partial charge in [0, 0.05) is 18.1 Å². The van der Waals surface area contributed by atoms with Crippen LogP contribution in [0.15, 0.2) is 36.5 Å². The summed E-state index contributed by atoms with van der Waals surface area (Å²) < 4.78 is 0. The molecule has 0 saturated heterocycles. The normalized spacial score (nSPS) is 17.6. The van der Waals surface area contributed by atoms with Crippen molar-refractivity contribution < 1.29 is 4.79 Å². The molecule has 0 spiro atoms. The summed E-state index contributed by atoms with van der Waals surface area (Å²) in [6.45, 7) is 0.490. The summed E-state index contributed by atoms with van der Waals surface area (Å²) >= 11 is 0. The average Bonchev–Trinajstić information content (AvgIpc) is 2.55. The topological polar surface area (TPSA) is 68.0 Å². The van der Waals surface area contributed by atoms with Crippen molar-refractivity contribution in [3.8, 4) is 0 Å². The second kappa shape index (κ2) is 5.82. The zero-order valence-electron chi connectivity index (χ0n) is 12.1. The minimum absolute atomic E-state index is 0.112. The summed E-state index contributed by atoms with van der Waals surface area (Å²) in [6, 6.07) is 9.75. The third-order valence-corrected chi connectivity index (χ3v) is 4.47. The minimum atomic E-state index is -0.256. The van der Waals surface area contributed by atoms with Crippen molar-refractivity contribution >= 4 is 16.7 Å². The van der Waals surface area contributed by atoms with E-state index in [1.54, 1.807) is 6.20 Å². The first-order valence-corrected chi connectivity index (χ1v) is 7.60. The number of amides is 1. The molecule has 0 atom stereocenters. The molecular weight excluding hydrogens is 262 g/mol. The highest BCUT2D eigenvalue weighted by molar-refractivity contribution is 6.05. The maximum Gasteiger partial charge on any atom is 0.270 e. The monoisotopic (exact) mass is 283 g/mol. The van der Waals surface area contributed by atoms with Crippen LogP contribution in [0.4, 0.5) is 0 Å². The lowest BCUT2D eigenvalue weighted by Gasteiger charge is -2.37. The van der Waals surface area contributed by atoms with Gasteiger partial charge in [0.2, 0.25) is 0 Å². The minimum Gasteiger partial charge on any atom is -0.344 e. The SMILES string of the molecule is NCC1(NC(=O)c2nccc3ccccc23)CCCCC1. The Bertz CT molecular complexity index is 642. The standard InChI is InChI=1S/C17H21N3O/c18-12-17(9-4-1-5-10-17)20-16(21)15-14-7-3-2-6-13(14)8-11-19-15/h2-3,6-8,11H,1,4-5,9-10,12,18H2,(H,20,21). The van der Waals surface area contributed by atoms with E-state index in [9.17, 15) is 4.79 Å². The van der Waals surface area contributed by atoms with Crippen molar-refractivity contribution in [2.24, 2.45) is 5.73 Å². The third-order valence-electron chi connectivity index (χ3n) is 4.47. The van der Waals surface area contributed by atoms with Crippen molar-refractivity contribution in [3.63, 3.8) is 0 Å². The van der Waals surface area contributed by atoms with Crippen LogP contribution in [0.3, 0.4) is 0 Å². The number of fused-ring (bicyclic) bond motifs is 1. The van der Waals surface area contributed by atoms with Gasteiger partial charge in [-0.2, -0.15) is 0 Å². The zero-order chi connectivity index (χ0) is 14.7. The van der Waals surface area contributed by atoms with Crippen LogP contribution in [0.1, 0.15) is 42.6 Å². The fraction of sp³-hybridized carbons (Fsp3) is 0.412. The predicted molar refractivity (Wildman–Crippen MR) is 84.1 cm³/mol. The number of hydrogen-bond acceptors (Lipinski definition) is 3. The fourth-order valence-electron chi connectivity index (χ4n) is 3.21. The Morgan fingerprint density at radius 2 is 1.95 bits per heavy atom. The van der Waals surface area contributed by atoms with E-state index in [-0.39, 0.29) is 11.4 Å². The van der Waals surface area contributed by atoms with Crippen molar-refractivity contribution in [2.75, 3.05) is 6.54 Å². The van der Waals surface area contributed by atoms with Gasteiger partial charge in [-0.25, -0.2) is 0 Å². The zero-order valence-corrected chi connectivity index (χ0v) is 12.1. The largest absolute Gasteiger partial charge is 0.344 e. The van der Waals surface area contributed by atoms with E-state index in [2.05, 4.69) is 10.3 Å². The van der Waals surface area contributed by atoms with Gasteiger partial charge in [0.05, 0.1) is 5.54 Å². The van der Waals surface area contributed by atoms with Crippen LogP contribution in [0, 0.1) is 0 Å². The number of nitrogens with one attached hydrogen (secondary N) is 1. The molecule has 3 rings (SSSR count). The van der Waals surface area contributed by atoms with Crippen LogP contribution in [0.5, 0.6) is 0 Å². The van der Waals surface area contributed by atoms with E-state index in [0.717, 1.165) is 36.5 Å². The molecular formula is C17H21N3O. The quantitative estimate of drug-likeness (QED) is 0.910. The summed E-state index contributed by atoms with van der Waals surface area (Å²) in [6.07, 6.45) is 7.08. The highest BCUT2D eigenvalue weighted by Gasteiger charge is 2.32. The number of carbonyl (C=O) groups excluding carboxylic acids is 1. The first-order valence-electron chi connectivity index (χ1n) is 7.60. The second-order valence-electron chi connectivity index (χ2n) is 5.88. The van der Waals surface area contributed by atoms with E-state index in [1.165, 1.54) is 6.42 Å². The number of nitrogens with zero attached hydrogens (tertiary/aromatic N) is 1. The van der Waals surface area contributed by atoms with Crippen molar-refractivity contribution in [3.05, 3.63) is 42.2 Å². The molecule has 3 N–H and O–H groups in total. The highest BCUT2D eigenvalue weighted by Crippen LogP contribution is 2.28. The molecule has 0 bridgehead atoms. The van der Waals surface area contributed by atoms with Crippen LogP contribution >= 0.6 is 0 Å².